The molecule has 0 bridgehead atoms. The molecule has 12 heavy (non-hydrogen) atoms. The van der Waals surface area contributed by atoms with Gasteiger partial charge in [0, 0.05) is 5.39 Å². The SMILES string of the molecule is SCNc1coc2ccccc12. The number of anilines is 1. The van der Waals surface area contributed by atoms with E-state index in [0.717, 1.165) is 16.7 Å². The van der Waals surface area contributed by atoms with Gasteiger partial charge >= 0.3 is 0 Å². The molecule has 1 heterocycles. The third-order valence-corrected chi connectivity index (χ3v) is 1.91. The van der Waals surface area contributed by atoms with Gasteiger partial charge in [-0.25, -0.2) is 0 Å². The van der Waals surface area contributed by atoms with Crippen LogP contribution >= 0.6 is 12.6 Å². The van der Waals surface area contributed by atoms with Gasteiger partial charge in [-0.3, -0.25) is 0 Å². The molecular formula is C9H9NOS. The van der Waals surface area contributed by atoms with E-state index in [-0.39, 0.29) is 0 Å². The van der Waals surface area contributed by atoms with Crippen molar-refractivity contribution in [3.8, 4) is 0 Å². The van der Waals surface area contributed by atoms with Gasteiger partial charge in [-0.1, -0.05) is 12.1 Å². The largest absolute Gasteiger partial charge is 0.462 e. The van der Waals surface area contributed by atoms with Crippen LogP contribution < -0.4 is 5.32 Å². The summed E-state index contributed by atoms with van der Waals surface area (Å²) >= 11 is 4.08. The van der Waals surface area contributed by atoms with Crippen molar-refractivity contribution in [1.82, 2.24) is 0 Å². The first-order chi connectivity index (χ1) is 5.92. The first kappa shape index (κ1) is 7.55. The molecule has 2 nitrogen and oxygen atoms in total. The van der Waals surface area contributed by atoms with Gasteiger partial charge in [0.25, 0.3) is 0 Å². The molecule has 0 radical (unpaired) electrons. The van der Waals surface area contributed by atoms with Crippen LogP contribution in [-0.4, -0.2) is 5.88 Å². The number of nitrogens with one attached hydrogen (secondary N) is 1. The zero-order valence-corrected chi connectivity index (χ0v) is 7.34. The van der Waals surface area contributed by atoms with Crippen LogP contribution in [0.1, 0.15) is 0 Å². The Morgan fingerprint density at radius 1 is 1.33 bits per heavy atom. The van der Waals surface area contributed by atoms with E-state index in [0.29, 0.717) is 5.88 Å². The van der Waals surface area contributed by atoms with E-state index >= 15 is 0 Å². The maximum Gasteiger partial charge on any atom is 0.136 e. The molecule has 0 saturated heterocycles. The maximum absolute atomic E-state index is 5.31. The molecule has 1 aromatic carbocycles. The first-order valence-electron chi connectivity index (χ1n) is 3.73. The van der Waals surface area contributed by atoms with Crippen LogP contribution in [0.3, 0.4) is 0 Å². The van der Waals surface area contributed by atoms with Crippen molar-refractivity contribution < 1.29 is 4.42 Å². The average Bonchev–Trinajstić information content (AvgIpc) is 2.50. The first-order valence-corrected chi connectivity index (χ1v) is 4.36. The van der Waals surface area contributed by atoms with Gasteiger partial charge in [0.1, 0.15) is 11.8 Å². The standard InChI is InChI=1S/C9H9NOS/c12-6-10-8-5-11-9-4-2-1-3-7(8)9/h1-5,10,12H,6H2. The quantitative estimate of drug-likeness (QED) is 0.547. The Morgan fingerprint density at radius 2 is 2.17 bits per heavy atom. The number of hydrogen-bond donors (Lipinski definition) is 2. The lowest BCUT2D eigenvalue weighted by molar-refractivity contribution is 0.617. The second-order valence-electron chi connectivity index (χ2n) is 2.48. The summed E-state index contributed by atoms with van der Waals surface area (Å²) in [6.07, 6.45) is 1.71. The fourth-order valence-corrected chi connectivity index (χ4v) is 1.37. The zero-order chi connectivity index (χ0) is 8.39. The van der Waals surface area contributed by atoms with Gasteiger partial charge < -0.3 is 9.73 Å². The molecule has 0 unspecified atom stereocenters. The molecule has 0 saturated carbocycles. The van der Waals surface area contributed by atoms with Crippen LogP contribution in [0.15, 0.2) is 34.9 Å². The smallest absolute Gasteiger partial charge is 0.136 e. The maximum atomic E-state index is 5.31. The predicted octanol–water partition coefficient (Wildman–Crippen LogP) is 2.73. The van der Waals surface area contributed by atoms with Gasteiger partial charge in [-0.2, -0.15) is 12.6 Å². The molecule has 62 valence electrons. The van der Waals surface area contributed by atoms with Gasteiger partial charge in [-0.15, -0.1) is 0 Å². The van der Waals surface area contributed by atoms with Gasteiger partial charge in [0.05, 0.1) is 11.6 Å². The number of furan rings is 1. The molecule has 1 N–H and O–H groups in total. The molecule has 0 atom stereocenters. The van der Waals surface area contributed by atoms with Crippen LogP contribution in [0.4, 0.5) is 5.69 Å². The van der Waals surface area contributed by atoms with E-state index in [1.807, 2.05) is 24.3 Å². The summed E-state index contributed by atoms with van der Waals surface area (Å²) in [6, 6.07) is 7.90. The normalized spacial score (nSPS) is 10.4. The molecule has 1 aromatic heterocycles. The van der Waals surface area contributed by atoms with E-state index in [2.05, 4.69) is 17.9 Å². The van der Waals surface area contributed by atoms with Crippen molar-refractivity contribution in [1.29, 1.82) is 0 Å². The Bertz CT molecular complexity index is 383. The van der Waals surface area contributed by atoms with E-state index < -0.39 is 0 Å². The number of fused-ring (bicyclic) bond motifs is 1. The van der Waals surface area contributed by atoms with Crippen molar-refractivity contribution in [2.45, 2.75) is 0 Å². The van der Waals surface area contributed by atoms with E-state index in [1.165, 1.54) is 0 Å². The van der Waals surface area contributed by atoms with Crippen molar-refractivity contribution in [2.75, 3.05) is 11.2 Å². The molecule has 0 fully saturated rings. The summed E-state index contributed by atoms with van der Waals surface area (Å²) in [4.78, 5) is 0. The number of rotatable bonds is 2. The van der Waals surface area contributed by atoms with Crippen molar-refractivity contribution >= 4 is 29.3 Å². The van der Waals surface area contributed by atoms with E-state index in [4.69, 9.17) is 4.42 Å². The predicted molar refractivity (Wildman–Crippen MR) is 53.7 cm³/mol. The molecular weight excluding hydrogens is 170 g/mol. The van der Waals surface area contributed by atoms with Gasteiger partial charge in [0.2, 0.25) is 0 Å². The van der Waals surface area contributed by atoms with Crippen LogP contribution in [-0.2, 0) is 0 Å². The molecule has 2 aromatic rings. The second kappa shape index (κ2) is 3.11. The van der Waals surface area contributed by atoms with Crippen LogP contribution in [0.2, 0.25) is 0 Å². The Labute approximate surface area is 76.0 Å². The molecule has 2 rings (SSSR count). The molecule has 0 aliphatic carbocycles. The number of benzene rings is 1. The Kier molecular flexibility index (Phi) is 1.96. The molecule has 0 amide bonds. The number of para-hydroxylation sites is 1. The van der Waals surface area contributed by atoms with Crippen molar-refractivity contribution in [3.05, 3.63) is 30.5 Å². The highest BCUT2D eigenvalue weighted by molar-refractivity contribution is 7.80. The lowest BCUT2D eigenvalue weighted by Crippen LogP contribution is -1.91. The molecule has 3 heteroatoms. The summed E-state index contributed by atoms with van der Waals surface area (Å²) < 4.78 is 5.31. The minimum Gasteiger partial charge on any atom is -0.462 e. The van der Waals surface area contributed by atoms with Crippen molar-refractivity contribution in [3.63, 3.8) is 0 Å². The van der Waals surface area contributed by atoms with Crippen molar-refractivity contribution in [2.24, 2.45) is 0 Å². The average molecular weight is 179 g/mol. The van der Waals surface area contributed by atoms with Crippen LogP contribution in [0.5, 0.6) is 0 Å². The van der Waals surface area contributed by atoms with Crippen LogP contribution in [0, 0.1) is 0 Å². The summed E-state index contributed by atoms with van der Waals surface area (Å²) in [5, 5.41) is 4.20. The second-order valence-corrected chi connectivity index (χ2v) is 2.80. The highest BCUT2D eigenvalue weighted by Crippen LogP contribution is 2.24. The van der Waals surface area contributed by atoms with Gasteiger partial charge in [0.15, 0.2) is 0 Å². The minimum atomic E-state index is 0.615. The third kappa shape index (κ3) is 1.16. The lowest BCUT2D eigenvalue weighted by Gasteiger charge is -1.96. The van der Waals surface area contributed by atoms with Gasteiger partial charge in [-0.05, 0) is 12.1 Å². The summed E-state index contributed by atoms with van der Waals surface area (Å²) in [6.45, 7) is 0. The fraction of sp³-hybridized carbons (Fsp3) is 0.111. The third-order valence-electron chi connectivity index (χ3n) is 1.75. The monoisotopic (exact) mass is 179 g/mol. The number of hydrogen-bond acceptors (Lipinski definition) is 3. The summed E-state index contributed by atoms with van der Waals surface area (Å²) in [5.41, 5.74) is 1.90. The zero-order valence-electron chi connectivity index (χ0n) is 6.45. The lowest BCUT2D eigenvalue weighted by atomic mass is 10.2. The summed E-state index contributed by atoms with van der Waals surface area (Å²) in [5.74, 6) is 0.615. The topological polar surface area (TPSA) is 25.2 Å². The van der Waals surface area contributed by atoms with Crippen LogP contribution in [0.25, 0.3) is 11.0 Å². The Morgan fingerprint density at radius 3 is 3.00 bits per heavy atom. The highest BCUT2D eigenvalue weighted by Gasteiger charge is 2.01. The van der Waals surface area contributed by atoms with E-state index in [9.17, 15) is 0 Å². The Hall–Kier alpha value is -1.09. The highest BCUT2D eigenvalue weighted by atomic mass is 32.1. The molecule has 0 spiro atoms. The molecule has 0 aliphatic heterocycles. The molecule has 0 aliphatic rings. The Balaban J connectivity index is 2.55. The minimum absolute atomic E-state index is 0.615. The fourth-order valence-electron chi connectivity index (χ4n) is 1.20. The number of thiol groups is 1. The summed E-state index contributed by atoms with van der Waals surface area (Å²) in [7, 11) is 0. The van der Waals surface area contributed by atoms with E-state index in [1.54, 1.807) is 6.26 Å².